The highest BCUT2D eigenvalue weighted by atomic mass is 127. The minimum Gasteiger partial charge on any atom is -0.324 e. The largest absolute Gasteiger partial charge is 0.324 e. The van der Waals surface area contributed by atoms with Crippen molar-refractivity contribution < 1.29 is 0 Å². The fourth-order valence-corrected chi connectivity index (χ4v) is 1.85. The molecule has 1 aromatic heterocycles. The second kappa shape index (κ2) is 5.29. The van der Waals surface area contributed by atoms with Crippen LogP contribution in [0.2, 0.25) is 5.02 Å². The quantitative estimate of drug-likeness (QED) is 0.753. The van der Waals surface area contributed by atoms with E-state index >= 15 is 0 Å². The lowest BCUT2D eigenvalue weighted by Crippen LogP contribution is -1.96. The Hall–Kier alpha value is -0.400. The number of rotatable bonds is 2. The van der Waals surface area contributed by atoms with Crippen molar-refractivity contribution >= 4 is 61.8 Å². The maximum absolute atomic E-state index is 5.90. The van der Waals surface area contributed by atoms with E-state index in [-0.39, 0.29) is 0 Å². The van der Waals surface area contributed by atoms with Crippen LogP contribution in [0.5, 0.6) is 0 Å². The van der Waals surface area contributed by atoms with Gasteiger partial charge in [-0.05, 0) is 56.7 Å². The molecule has 0 spiro atoms. The molecule has 0 saturated carbocycles. The van der Waals surface area contributed by atoms with Gasteiger partial charge >= 0.3 is 0 Å². The van der Waals surface area contributed by atoms with Crippen molar-refractivity contribution in [1.29, 1.82) is 0 Å². The van der Waals surface area contributed by atoms with Gasteiger partial charge in [0.25, 0.3) is 0 Å². The van der Waals surface area contributed by atoms with Gasteiger partial charge in [0.15, 0.2) is 0 Å². The summed E-state index contributed by atoms with van der Waals surface area (Å²) < 4.78 is 1.84. The molecule has 2 aromatic rings. The highest BCUT2D eigenvalue weighted by molar-refractivity contribution is 14.1. The molecule has 0 aliphatic heterocycles. The van der Waals surface area contributed by atoms with Crippen LogP contribution in [0.4, 0.5) is 11.6 Å². The fourth-order valence-electron chi connectivity index (χ4n) is 1.08. The SMILES string of the molecule is Clc1ccc(Nc2ncc(I)cn2)cc1Br. The van der Waals surface area contributed by atoms with Gasteiger partial charge in [-0.2, -0.15) is 0 Å². The second-order valence-electron chi connectivity index (χ2n) is 2.98. The normalized spacial score (nSPS) is 10.2. The van der Waals surface area contributed by atoms with Crippen LogP contribution in [0.25, 0.3) is 0 Å². The number of aromatic nitrogens is 2. The van der Waals surface area contributed by atoms with Crippen LogP contribution in [0.15, 0.2) is 35.1 Å². The summed E-state index contributed by atoms with van der Waals surface area (Å²) in [5.41, 5.74) is 0.887. The Labute approximate surface area is 120 Å². The number of hydrogen-bond acceptors (Lipinski definition) is 3. The highest BCUT2D eigenvalue weighted by Crippen LogP contribution is 2.26. The summed E-state index contributed by atoms with van der Waals surface area (Å²) in [4.78, 5) is 8.30. The van der Waals surface area contributed by atoms with Gasteiger partial charge in [-0.3, -0.25) is 0 Å². The Morgan fingerprint density at radius 1 is 1.25 bits per heavy atom. The monoisotopic (exact) mass is 409 g/mol. The van der Waals surface area contributed by atoms with Crippen molar-refractivity contribution in [1.82, 2.24) is 9.97 Å². The maximum Gasteiger partial charge on any atom is 0.227 e. The standard InChI is InChI=1S/C10H6BrClIN3/c11-8-3-7(1-2-9(8)12)16-10-14-4-6(13)5-15-10/h1-5H,(H,14,15,16). The number of anilines is 2. The number of nitrogens with zero attached hydrogens (tertiary/aromatic N) is 2. The highest BCUT2D eigenvalue weighted by Gasteiger charge is 2.01. The summed E-state index contributed by atoms with van der Waals surface area (Å²) in [5.74, 6) is 0.564. The van der Waals surface area contributed by atoms with Crippen LogP contribution in [0, 0.1) is 3.57 Å². The summed E-state index contributed by atoms with van der Waals surface area (Å²) in [7, 11) is 0. The molecule has 0 fully saturated rings. The van der Waals surface area contributed by atoms with Crippen molar-refractivity contribution in [2.45, 2.75) is 0 Å². The van der Waals surface area contributed by atoms with Gasteiger partial charge in [0.05, 0.1) is 5.02 Å². The average Bonchev–Trinajstić information content (AvgIpc) is 2.27. The van der Waals surface area contributed by atoms with E-state index in [1.807, 2.05) is 12.1 Å². The van der Waals surface area contributed by atoms with Crippen LogP contribution in [0.1, 0.15) is 0 Å². The summed E-state index contributed by atoms with van der Waals surface area (Å²) in [5, 5.41) is 3.76. The van der Waals surface area contributed by atoms with Gasteiger partial charge in [-0.25, -0.2) is 9.97 Å². The third kappa shape index (κ3) is 3.05. The molecule has 1 N–H and O–H groups in total. The van der Waals surface area contributed by atoms with Gasteiger partial charge in [0.1, 0.15) is 0 Å². The molecule has 0 atom stereocenters. The zero-order valence-corrected chi connectivity index (χ0v) is 12.4. The van der Waals surface area contributed by atoms with Crippen LogP contribution in [-0.4, -0.2) is 9.97 Å². The lowest BCUT2D eigenvalue weighted by Gasteiger charge is -2.05. The predicted molar refractivity (Wildman–Crippen MR) is 77.2 cm³/mol. The van der Waals surface area contributed by atoms with E-state index in [9.17, 15) is 0 Å². The second-order valence-corrected chi connectivity index (χ2v) is 5.49. The third-order valence-electron chi connectivity index (χ3n) is 1.80. The summed E-state index contributed by atoms with van der Waals surface area (Å²) >= 11 is 11.4. The third-order valence-corrected chi connectivity index (χ3v) is 3.57. The molecule has 82 valence electrons. The van der Waals surface area contributed by atoms with Crippen LogP contribution >= 0.6 is 50.1 Å². The molecule has 3 nitrogen and oxygen atoms in total. The first-order valence-corrected chi connectivity index (χ1v) is 6.60. The Morgan fingerprint density at radius 3 is 2.56 bits per heavy atom. The lowest BCUT2D eigenvalue weighted by molar-refractivity contribution is 1.15. The summed E-state index contributed by atoms with van der Waals surface area (Å²) in [6.45, 7) is 0. The van der Waals surface area contributed by atoms with Crippen molar-refractivity contribution in [3.8, 4) is 0 Å². The molecule has 16 heavy (non-hydrogen) atoms. The zero-order chi connectivity index (χ0) is 11.5. The Bertz CT molecular complexity index is 504. The van der Waals surface area contributed by atoms with Crippen LogP contribution in [-0.2, 0) is 0 Å². The molecule has 0 unspecified atom stereocenters. The number of hydrogen-bond donors (Lipinski definition) is 1. The summed E-state index contributed by atoms with van der Waals surface area (Å²) in [6.07, 6.45) is 3.50. The Morgan fingerprint density at radius 2 is 1.94 bits per heavy atom. The van der Waals surface area contributed by atoms with E-state index in [0.717, 1.165) is 13.7 Å². The molecule has 0 radical (unpaired) electrons. The Balaban J connectivity index is 2.20. The molecule has 2 rings (SSSR count). The molecule has 0 aliphatic carbocycles. The average molecular weight is 410 g/mol. The first-order chi connectivity index (χ1) is 7.65. The number of halogens is 3. The molecule has 0 bridgehead atoms. The van der Waals surface area contributed by atoms with E-state index in [2.05, 4.69) is 53.8 Å². The van der Waals surface area contributed by atoms with Crippen LogP contribution in [0.3, 0.4) is 0 Å². The van der Waals surface area contributed by atoms with E-state index in [1.165, 1.54) is 0 Å². The number of nitrogens with one attached hydrogen (secondary N) is 1. The van der Waals surface area contributed by atoms with Crippen molar-refractivity contribution in [3.05, 3.63) is 43.7 Å². The molecule has 6 heteroatoms. The molecule has 0 aliphatic rings. The van der Waals surface area contributed by atoms with E-state index in [4.69, 9.17) is 11.6 Å². The van der Waals surface area contributed by atoms with Gasteiger partial charge in [0.2, 0.25) is 5.95 Å². The molecule has 0 saturated heterocycles. The zero-order valence-electron chi connectivity index (χ0n) is 7.92. The predicted octanol–water partition coefficient (Wildman–Crippen LogP) is 4.24. The van der Waals surface area contributed by atoms with Crippen molar-refractivity contribution in [2.24, 2.45) is 0 Å². The van der Waals surface area contributed by atoms with E-state index in [0.29, 0.717) is 11.0 Å². The van der Waals surface area contributed by atoms with Gasteiger partial charge in [0, 0.05) is 26.1 Å². The van der Waals surface area contributed by atoms with E-state index < -0.39 is 0 Å². The van der Waals surface area contributed by atoms with Gasteiger partial charge in [-0.1, -0.05) is 11.6 Å². The first-order valence-electron chi connectivity index (χ1n) is 4.35. The van der Waals surface area contributed by atoms with Gasteiger partial charge in [-0.15, -0.1) is 0 Å². The topological polar surface area (TPSA) is 37.8 Å². The fraction of sp³-hybridized carbons (Fsp3) is 0. The maximum atomic E-state index is 5.90. The van der Waals surface area contributed by atoms with Crippen LogP contribution < -0.4 is 5.32 Å². The first kappa shape index (κ1) is 12.1. The molecule has 1 heterocycles. The lowest BCUT2D eigenvalue weighted by atomic mass is 10.3. The minimum absolute atomic E-state index is 0.564. The molecule has 0 amide bonds. The number of benzene rings is 1. The van der Waals surface area contributed by atoms with Crippen molar-refractivity contribution in [3.63, 3.8) is 0 Å². The summed E-state index contributed by atoms with van der Waals surface area (Å²) in [6, 6.07) is 5.55. The van der Waals surface area contributed by atoms with Gasteiger partial charge < -0.3 is 5.32 Å². The molecular weight excluding hydrogens is 404 g/mol. The molecule has 1 aromatic carbocycles. The molecular formula is C10H6BrClIN3. The Kier molecular flexibility index (Phi) is 3.99. The van der Waals surface area contributed by atoms with Crippen molar-refractivity contribution in [2.75, 3.05) is 5.32 Å². The minimum atomic E-state index is 0.564. The van der Waals surface area contributed by atoms with E-state index in [1.54, 1.807) is 18.5 Å². The smallest absolute Gasteiger partial charge is 0.227 e.